The van der Waals surface area contributed by atoms with Crippen LogP contribution in [0.15, 0.2) is 9.72 Å². The molecule has 0 aliphatic carbocycles. The summed E-state index contributed by atoms with van der Waals surface area (Å²) in [4.78, 5) is 14.5. The number of thiazole rings is 1. The average Bonchev–Trinajstić information content (AvgIpc) is 3.06. The maximum absolute atomic E-state index is 12.1. The van der Waals surface area contributed by atoms with E-state index in [1.165, 1.54) is 12.6 Å². The predicted octanol–water partition coefficient (Wildman–Crippen LogP) is -0.0749. The highest BCUT2D eigenvalue weighted by molar-refractivity contribution is 7.91. The molecule has 0 aromatic carbocycles. The van der Waals surface area contributed by atoms with Crippen LogP contribution in [0.2, 0.25) is 0 Å². The number of carboxylic acid groups (broad SMARTS) is 1. The molecule has 0 radical (unpaired) electrons. The van der Waals surface area contributed by atoms with E-state index in [0.29, 0.717) is 19.6 Å². The molecule has 2 N–H and O–H groups in total. The van der Waals surface area contributed by atoms with Crippen LogP contribution in [0.3, 0.4) is 0 Å². The largest absolute Gasteiger partial charge is 0.476 e. The Bertz CT molecular complexity index is 591. The molecule has 8 nitrogen and oxygen atoms in total. The van der Waals surface area contributed by atoms with Crippen molar-refractivity contribution in [3.63, 3.8) is 0 Å². The van der Waals surface area contributed by atoms with E-state index in [2.05, 4.69) is 9.71 Å². The standard InChI is InChI=1S/C10H14N2O6S2/c1-17-10(2-3-18-5-10)4-12-20(15,16)9-7(8(13)14)11-6-19-9/h6,12H,2-5H2,1H3,(H,13,14). The number of ether oxygens (including phenoxy) is 2. The normalized spacial score (nSPS) is 23.1. The van der Waals surface area contributed by atoms with Gasteiger partial charge in [0.1, 0.15) is 5.60 Å². The quantitative estimate of drug-likeness (QED) is 0.753. The summed E-state index contributed by atoms with van der Waals surface area (Å²) < 4.78 is 36.8. The van der Waals surface area contributed by atoms with Crippen LogP contribution in [-0.4, -0.2) is 56.9 Å². The average molecular weight is 322 g/mol. The van der Waals surface area contributed by atoms with Gasteiger partial charge in [-0.2, -0.15) is 0 Å². The van der Waals surface area contributed by atoms with Gasteiger partial charge in [-0.1, -0.05) is 0 Å². The monoisotopic (exact) mass is 322 g/mol. The smallest absolute Gasteiger partial charge is 0.356 e. The van der Waals surface area contributed by atoms with E-state index >= 15 is 0 Å². The second kappa shape index (κ2) is 5.74. The third kappa shape index (κ3) is 2.99. The molecule has 2 rings (SSSR count). The lowest BCUT2D eigenvalue weighted by molar-refractivity contribution is -0.0120. The number of aromatic nitrogens is 1. The van der Waals surface area contributed by atoms with Crippen molar-refractivity contribution in [2.24, 2.45) is 0 Å². The molecule has 1 atom stereocenters. The first-order valence-corrected chi connectivity index (χ1v) is 8.06. The van der Waals surface area contributed by atoms with E-state index in [0.717, 1.165) is 11.3 Å². The molecule has 112 valence electrons. The summed E-state index contributed by atoms with van der Waals surface area (Å²) in [5, 5.41) is 8.90. The van der Waals surface area contributed by atoms with Crippen molar-refractivity contribution >= 4 is 27.3 Å². The lowest BCUT2D eigenvalue weighted by Crippen LogP contribution is -2.45. The Labute approximate surface area is 119 Å². The molecule has 2 heterocycles. The zero-order valence-corrected chi connectivity index (χ0v) is 12.3. The van der Waals surface area contributed by atoms with Crippen molar-refractivity contribution in [1.82, 2.24) is 9.71 Å². The molecule has 0 spiro atoms. The second-order valence-corrected chi connectivity index (χ2v) is 7.12. The SMILES string of the molecule is COC1(CNS(=O)(=O)c2scnc2C(=O)O)CCOC1. The second-order valence-electron chi connectivity index (χ2n) is 4.31. The van der Waals surface area contributed by atoms with Crippen LogP contribution in [0, 0.1) is 0 Å². The van der Waals surface area contributed by atoms with Gasteiger partial charge >= 0.3 is 5.97 Å². The molecule has 1 aromatic heterocycles. The summed E-state index contributed by atoms with van der Waals surface area (Å²) in [6, 6.07) is 0. The van der Waals surface area contributed by atoms with Gasteiger partial charge < -0.3 is 14.6 Å². The van der Waals surface area contributed by atoms with E-state index in [1.54, 1.807) is 0 Å². The van der Waals surface area contributed by atoms with Crippen molar-refractivity contribution in [3.8, 4) is 0 Å². The van der Waals surface area contributed by atoms with E-state index < -0.39 is 27.3 Å². The lowest BCUT2D eigenvalue weighted by atomic mass is 10.0. The first-order valence-electron chi connectivity index (χ1n) is 5.69. The van der Waals surface area contributed by atoms with Gasteiger partial charge in [-0.05, 0) is 0 Å². The Kier molecular flexibility index (Phi) is 4.39. The highest BCUT2D eigenvalue weighted by atomic mass is 32.2. The molecule has 1 unspecified atom stereocenters. The van der Waals surface area contributed by atoms with Crippen LogP contribution < -0.4 is 4.72 Å². The van der Waals surface area contributed by atoms with E-state index in [1.807, 2.05) is 0 Å². The molecular formula is C10H14N2O6S2. The Morgan fingerprint density at radius 1 is 1.70 bits per heavy atom. The molecule has 1 saturated heterocycles. The van der Waals surface area contributed by atoms with Gasteiger partial charge in [0.25, 0.3) is 10.0 Å². The number of rotatable bonds is 6. The Morgan fingerprint density at radius 3 is 3.00 bits per heavy atom. The predicted molar refractivity (Wildman–Crippen MR) is 69.4 cm³/mol. The highest BCUT2D eigenvalue weighted by Crippen LogP contribution is 2.24. The van der Waals surface area contributed by atoms with E-state index in [9.17, 15) is 13.2 Å². The molecule has 10 heteroatoms. The van der Waals surface area contributed by atoms with Gasteiger partial charge in [-0.15, -0.1) is 11.3 Å². The molecule has 0 saturated carbocycles. The van der Waals surface area contributed by atoms with Gasteiger partial charge in [-0.25, -0.2) is 22.9 Å². The third-order valence-electron chi connectivity index (χ3n) is 3.07. The number of methoxy groups -OCH3 is 1. The van der Waals surface area contributed by atoms with Crippen LogP contribution in [0.1, 0.15) is 16.9 Å². The molecule has 1 aliphatic heterocycles. The number of hydrogen-bond donors (Lipinski definition) is 2. The maximum atomic E-state index is 12.1. The van der Waals surface area contributed by atoms with Gasteiger partial charge in [0, 0.05) is 26.7 Å². The summed E-state index contributed by atoms with van der Waals surface area (Å²) >= 11 is 0.759. The van der Waals surface area contributed by atoms with Crippen LogP contribution >= 0.6 is 11.3 Å². The zero-order valence-electron chi connectivity index (χ0n) is 10.7. The molecular weight excluding hydrogens is 308 g/mol. The van der Waals surface area contributed by atoms with Crippen molar-refractivity contribution in [2.75, 3.05) is 26.9 Å². The minimum absolute atomic E-state index is 0.0167. The van der Waals surface area contributed by atoms with Crippen molar-refractivity contribution in [2.45, 2.75) is 16.2 Å². The van der Waals surface area contributed by atoms with Crippen molar-refractivity contribution < 1.29 is 27.8 Å². The number of nitrogens with one attached hydrogen (secondary N) is 1. The van der Waals surface area contributed by atoms with Crippen LogP contribution in [0.5, 0.6) is 0 Å². The van der Waals surface area contributed by atoms with Crippen LogP contribution in [0.4, 0.5) is 0 Å². The Morgan fingerprint density at radius 2 is 2.45 bits per heavy atom. The highest BCUT2D eigenvalue weighted by Gasteiger charge is 2.37. The number of carboxylic acids is 1. The summed E-state index contributed by atoms with van der Waals surface area (Å²) in [6.45, 7) is 0.805. The van der Waals surface area contributed by atoms with Crippen molar-refractivity contribution in [3.05, 3.63) is 11.2 Å². The van der Waals surface area contributed by atoms with Crippen LogP contribution in [-0.2, 0) is 19.5 Å². The summed E-state index contributed by atoms with van der Waals surface area (Å²) in [5.41, 5.74) is 0.000787. The van der Waals surface area contributed by atoms with E-state index in [-0.39, 0.29) is 10.8 Å². The van der Waals surface area contributed by atoms with Crippen LogP contribution in [0.25, 0.3) is 0 Å². The molecule has 0 amide bonds. The van der Waals surface area contributed by atoms with Gasteiger partial charge in [0.05, 0.1) is 12.1 Å². The molecule has 1 fully saturated rings. The first-order chi connectivity index (χ1) is 9.40. The summed E-state index contributed by atoms with van der Waals surface area (Å²) in [5.74, 6) is -1.38. The van der Waals surface area contributed by atoms with Gasteiger partial charge in [0.2, 0.25) is 0 Å². The minimum atomic E-state index is -3.94. The number of nitrogens with zero attached hydrogens (tertiary/aromatic N) is 1. The Hall–Kier alpha value is -1.07. The fourth-order valence-electron chi connectivity index (χ4n) is 1.82. The first kappa shape index (κ1) is 15.3. The number of aromatic carboxylic acids is 1. The lowest BCUT2D eigenvalue weighted by Gasteiger charge is -2.25. The zero-order chi connectivity index (χ0) is 14.8. The van der Waals surface area contributed by atoms with Gasteiger partial charge in [-0.3, -0.25) is 0 Å². The Balaban J connectivity index is 2.15. The summed E-state index contributed by atoms with van der Waals surface area (Å²) in [6.07, 6.45) is 0.570. The number of hydrogen-bond acceptors (Lipinski definition) is 7. The molecule has 1 aliphatic rings. The molecule has 20 heavy (non-hydrogen) atoms. The number of carbonyl (C=O) groups is 1. The third-order valence-corrected chi connectivity index (χ3v) is 5.84. The topological polar surface area (TPSA) is 115 Å². The molecule has 1 aromatic rings. The van der Waals surface area contributed by atoms with Gasteiger partial charge in [0.15, 0.2) is 9.90 Å². The minimum Gasteiger partial charge on any atom is -0.476 e. The summed E-state index contributed by atoms with van der Waals surface area (Å²) in [7, 11) is -2.45. The maximum Gasteiger partial charge on any atom is 0.356 e. The number of sulfonamides is 1. The van der Waals surface area contributed by atoms with E-state index in [4.69, 9.17) is 14.6 Å². The fraction of sp³-hybridized carbons (Fsp3) is 0.600. The molecule has 0 bridgehead atoms. The fourth-order valence-corrected chi connectivity index (χ4v) is 4.12. The van der Waals surface area contributed by atoms with Crippen molar-refractivity contribution in [1.29, 1.82) is 0 Å².